The Hall–Kier alpha value is -0.990. The van der Waals surface area contributed by atoms with E-state index >= 15 is 0 Å². The number of hydrogen-bond donors (Lipinski definition) is 1. The average molecular weight is 126 g/mol. The van der Waals surface area contributed by atoms with E-state index in [0.717, 1.165) is 6.42 Å². The van der Waals surface area contributed by atoms with Crippen LogP contribution in [0.15, 0.2) is 17.4 Å². The van der Waals surface area contributed by atoms with E-state index in [0.29, 0.717) is 12.1 Å². The fraction of sp³-hybridized carbons (Fsp3) is 0.500. The van der Waals surface area contributed by atoms with Gasteiger partial charge in [-0.05, 0) is 0 Å². The maximum absolute atomic E-state index is 5.34. The van der Waals surface area contributed by atoms with Crippen LogP contribution in [0.25, 0.3) is 0 Å². The number of nitrogens with two attached hydrogens (primary N) is 1. The minimum absolute atomic E-state index is 0.141. The van der Waals surface area contributed by atoms with Crippen LogP contribution in [-0.2, 0) is 4.84 Å². The molecule has 0 aliphatic carbocycles. The summed E-state index contributed by atoms with van der Waals surface area (Å²) in [6, 6.07) is 0. The molecule has 1 atom stereocenters. The summed E-state index contributed by atoms with van der Waals surface area (Å²) in [6.45, 7) is 3.56. The molecule has 1 unspecified atom stereocenters. The molecule has 2 N–H and O–H groups in total. The first-order valence-corrected chi connectivity index (χ1v) is 2.90. The maximum Gasteiger partial charge on any atom is 0.138 e. The highest BCUT2D eigenvalue weighted by Gasteiger charge is 2.12. The zero-order valence-electron chi connectivity index (χ0n) is 5.21. The molecule has 1 aliphatic heterocycles. The fourth-order valence-electron chi connectivity index (χ4n) is 0.746. The normalized spacial score (nSPS) is 23.8. The number of nitrogens with zero attached hydrogens (tertiary/aromatic N) is 1. The van der Waals surface area contributed by atoms with E-state index in [2.05, 4.69) is 11.7 Å². The Balaban J connectivity index is 2.22. The van der Waals surface area contributed by atoms with Crippen molar-refractivity contribution < 1.29 is 4.84 Å². The van der Waals surface area contributed by atoms with Gasteiger partial charge in [0, 0.05) is 24.8 Å². The first kappa shape index (κ1) is 6.13. The predicted octanol–water partition coefficient (Wildman–Crippen LogP) is 0.624. The molecule has 1 aliphatic rings. The lowest BCUT2D eigenvalue weighted by Gasteiger charge is -2.05. The quantitative estimate of drug-likeness (QED) is 0.589. The highest BCUT2D eigenvalue weighted by Crippen LogP contribution is 2.10. The van der Waals surface area contributed by atoms with Gasteiger partial charge in [0.2, 0.25) is 0 Å². The van der Waals surface area contributed by atoms with Crippen LogP contribution in [-0.4, -0.2) is 12.3 Å². The van der Waals surface area contributed by atoms with Crippen molar-refractivity contribution in [2.45, 2.75) is 18.9 Å². The van der Waals surface area contributed by atoms with Crippen molar-refractivity contribution in [3.05, 3.63) is 12.3 Å². The van der Waals surface area contributed by atoms with Crippen molar-refractivity contribution in [2.24, 2.45) is 10.9 Å². The molecule has 0 aromatic carbocycles. The van der Waals surface area contributed by atoms with Crippen LogP contribution in [0, 0.1) is 0 Å². The highest BCUT2D eigenvalue weighted by atomic mass is 16.6. The molecule has 0 saturated heterocycles. The second-order valence-electron chi connectivity index (χ2n) is 2.11. The summed E-state index contributed by atoms with van der Waals surface area (Å²) in [6.07, 6.45) is 3.45. The van der Waals surface area contributed by atoms with Crippen LogP contribution in [0.4, 0.5) is 0 Å². The molecule has 9 heavy (non-hydrogen) atoms. The van der Waals surface area contributed by atoms with Gasteiger partial charge in [0.15, 0.2) is 0 Å². The summed E-state index contributed by atoms with van der Waals surface area (Å²) in [5.41, 5.74) is 6.00. The van der Waals surface area contributed by atoms with Gasteiger partial charge in [-0.25, -0.2) is 0 Å². The lowest BCUT2D eigenvalue weighted by atomic mass is 10.2. The Morgan fingerprint density at radius 1 is 2.00 bits per heavy atom. The van der Waals surface area contributed by atoms with E-state index in [1.165, 1.54) is 0 Å². The fourth-order valence-corrected chi connectivity index (χ4v) is 0.746. The van der Waals surface area contributed by atoms with Gasteiger partial charge < -0.3 is 10.6 Å². The Morgan fingerprint density at radius 3 is 3.22 bits per heavy atom. The number of rotatable bonds is 2. The lowest BCUT2D eigenvalue weighted by molar-refractivity contribution is 0.0858. The van der Waals surface area contributed by atoms with E-state index in [1.54, 1.807) is 6.21 Å². The lowest BCUT2D eigenvalue weighted by Crippen LogP contribution is -2.09. The summed E-state index contributed by atoms with van der Waals surface area (Å²) in [4.78, 5) is 4.89. The van der Waals surface area contributed by atoms with E-state index in [4.69, 9.17) is 10.6 Å². The van der Waals surface area contributed by atoms with E-state index in [9.17, 15) is 0 Å². The molecule has 3 nitrogen and oxygen atoms in total. The molecule has 0 spiro atoms. The van der Waals surface area contributed by atoms with Gasteiger partial charge in [-0.1, -0.05) is 11.7 Å². The van der Waals surface area contributed by atoms with Crippen molar-refractivity contribution in [1.29, 1.82) is 0 Å². The largest absolute Gasteiger partial charge is 0.402 e. The molecule has 0 radical (unpaired) electrons. The van der Waals surface area contributed by atoms with Crippen molar-refractivity contribution in [2.75, 3.05) is 0 Å². The summed E-state index contributed by atoms with van der Waals surface area (Å²) >= 11 is 0. The molecule has 0 aromatic rings. The minimum atomic E-state index is 0.141. The second kappa shape index (κ2) is 2.53. The van der Waals surface area contributed by atoms with E-state index in [-0.39, 0.29) is 6.10 Å². The summed E-state index contributed by atoms with van der Waals surface area (Å²) in [7, 11) is 0. The summed E-state index contributed by atoms with van der Waals surface area (Å²) in [5, 5.41) is 3.60. The molecule has 0 amide bonds. The standard InChI is InChI=1S/C6H10N2O/c1-5(7)4-6-2-3-8-9-6/h3,6H,1-2,4,7H2. The predicted molar refractivity (Wildman–Crippen MR) is 35.9 cm³/mol. The summed E-state index contributed by atoms with van der Waals surface area (Å²) in [5.74, 6) is 0. The maximum atomic E-state index is 5.34. The van der Waals surface area contributed by atoms with Gasteiger partial charge in [0.05, 0.1) is 0 Å². The number of hydrogen-bond acceptors (Lipinski definition) is 3. The average Bonchev–Trinajstić information content (AvgIpc) is 2.15. The van der Waals surface area contributed by atoms with Gasteiger partial charge in [-0.3, -0.25) is 0 Å². The molecule has 0 aromatic heterocycles. The zero-order chi connectivity index (χ0) is 6.69. The second-order valence-corrected chi connectivity index (χ2v) is 2.11. The van der Waals surface area contributed by atoms with Crippen LogP contribution in [0.2, 0.25) is 0 Å². The molecule has 0 fully saturated rings. The Bertz CT molecular complexity index is 134. The van der Waals surface area contributed by atoms with Crippen LogP contribution in [0.1, 0.15) is 12.8 Å². The van der Waals surface area contributed by atoms with E-state index in [1.807, 2.05) is 0 Å². The topological polar surface area (TPSA) is 47.6 Å². The molecular weight excluding hydrogens is 116 g/mol. The van der Waals surface area contributed by atoms with Crippen LogP contribution >= 0.6 is 0 Å². The van der Waals surface area contributed by atoms with Crippen molar-refractivity contribution in [3.8, 4) is 0 Å². The molecular formula is C6H10N2O. The van der Waals surface area contributed by atoms with Gasteiger partial charge in [-0.15, -0.1) is 0 Å². The molecule has 3 heteroatoms. The smallest absolute Gasteiger partial charge is 0.138 e. The summed E-state index contributed by atoms with van der Waals surface area (Å²) < 4.78 is 0. The third kappa shape index (κ3) is 1.76. The Morgan fingerprint density at radius 2 is 2.78 bits per heavy atom. The van der Waals surface area contributed by atoms with Crippen molar-refractivity contribution in [1.82, 2.24) is 0 Å². The van der Waals surface area contributed by atoms with Crippen LogP contribution in [0.5, 0.6) is 0 Å². The monoisotopic (exact) mass is 126 g/mol. The zero-order valence-corrected chi connectivity index (χ0v) is 5.21. The molecule has 0 bridgehead atoms. The Labute approximate surface area is 54.2 Å². The van der Waals surface area contributed by atoms with Crippen LogP contribution in [0.3, 0.4) is 0 Å². The van der Waals surface area contributed by atoms with Gasteiger partial charge in [0.1, 0.15) is 6.10 Å². The molecule has 50 valence electrons. The van der Waals surface area contributed by atoms with Crippen LogP contribution < -0.4 is 5.73 Å². The van der Waals surface area contributed by atoms with Gasteiger partial charge >= 0.3 is 0 Å². The highest BCUT2D eigenvalue weighted by molar-refractivity contribution is 5.58. The van der Waals surface area contributed by atoms with Gasteiger partial charge in [-0.2, -0.15) is 0 Å². The SMILES string of the molecule is C=C(N)CC1CC=NO1. The number of oxime groups is 1. The third-order valence-electron chi connectivity index (χ3n) is 1.14. The third-order valence-corrected chi connectivity index (χ3v) is 1.14. The molecule has 0 saturated carbocycles. The first-order chi connectivity index (χ1) is 4.29. The van der Waals surface area contributed by atoms with E-state index < -0.39 is 0 Å². The minimum Gasteiger partial charge on any atom is -0.402 e. The Kier molecular flexibility index (Phi) is 1.72. The van der Waals surface area contributed by atoms with Gasteiger partial charge in [0.25, 0.3) is 0 Å². The molecule has 1 heterocycles. The van der Waals surface area contributed by atoms with Crippen molar-refractivity contribution >= 4 is 6.21 Å². The molecule has 1 rings (SSSR count). The van der Waals surface area contributed by atoms with Crippen molar-refractivity contribution in [3.63, 3.8) is 0 Å². The first-order valence-electron chi connectivity index (χ1n) is 2.90.